The number of nitrogens with zero attached hydrogens (tertiary/aromatic N) is 1. The van der Waals surface area contributed by atoms with Crippen molar-refractivity contribution in [3.63, 3.8) is 0 Å². The number of halogens is 3. The molecule has 4 rings (SSSR count). The van der Waals surface area contributed by atoms with Gasteiger partial charge in [0.05, 0.1) is 19.3 Å². The molecule has 3 aromatic carbocycles. The van der Waals surface area contributed by atoms with Crippen LogP contribution in [0.15, 0.2) is 60.2 Å². The molecule has 0 spiro atoms. The van der Waals surface area contributed by atoms with E-state index in [-0.39, 0.29) is 17.4 Å². The highest BCUT2D eigenvalue weighted by Crippen LogP contribution is 2.33. The number of carbonyl (C=O) groups is 1. The van der Waals surface area contributed by atoms with Crippen LogP contribution < -0.4 is 19.5 Å². The van der Waals surface area contributed by atoms with Crippen LogP contribution in [0.25, 0.3) is 6.08 Å². The molecule has 9 heteroatoms. The maximum Gasteiger partial charge on any atom is 0.266 e. The second-order valence-electron chi connectivity index (χ2n) is 6.89. The fraction of sp³-hybridized carbons (Fsp3) is 0.0833. The largest absolute Gasteiger partial charge is 0.488 e. The van der Waals surface area contributed by atoms with Crippen molar-refractivity contribution >= 4 is 63.5 Å². The van der Waals surface area contributed by atoms with Crippen molar-refractivity contribution in [2.75, 3.05) is 12.1 Å². The van der Waals surface area contributed by atoms with Gasteiger partial charge in [-0.05, 0) is 76.2 Å². The molecular formula is C24H15Cl2IN2O4. The quantitative estimate of drug-likeness (QED) is 0.202. The third kappa shape index (κ3) is 5.53. The number of benzene rings is 3. The van der Waals surface area contributed by atoms with Crippen molar-refractivity contribution in [2.24, 2.45) is 0 Å². The summed E-state index contributed by atoms with van der Waals surface area (Å²) in [6, 6.07) is 17.8. The lowest BCUT2D eigenvalue weighted by Gasteiger charge is -2.10. The second-order valence-corrected chi connectivity index (χ2v) is 8.84. The number of carbonyl (C=O) groups excluding carboxylic acids is 1. The number of rotatable bonds is 6. The summed E-state index contributed by atoms with van der Waals surface area (Å²) in [6.07, 6.45) is 1.50. The molecule has 6 nitrogen and oxygen atoms in total. The van der Waals surface area contributed by atoms with E-state index in [1.165, 1.54) is 6.08 Å². The van der Waals surface area contributed by atoms with E-state index < -0.39 is 5.91 Å². The van der Waals surface area contributed by atoms with E-state index >= 15 is 0 Å². The second kappa shape index (κ2) is 10.3. The summed E-state index contributed by atoms with van der Waals surface area (Å²) in [4.78, 5) is 12.6. The molecule has 0 bridgehead atoms. The van der Waals surface area contributed by atoms with Crippen molar-refractivity contribution in [3.05, 3.63) is 84.9 Å². The van der Waals surface area contributed by atoms with E-state index in [0.29, 0.717) is 34.4 Å². The summed E-state index contributed by atoms with van der Waals surface area (Å²) in [5, 5.41) is 12.6. The summed E-state index contributed by atoms with van der Waals surface area (Å²) in [5.41, 5.74) is 1.88. The highest BCUT2D eigenvalue weighted by molar-refractivity contribution is 14.1. The van der Waals surface area contributed by atoms with E-state index in [4.69, 9.17) is 37.4 Å². The number of amides is 1. The Bertz CT molecular complexity index is 1300. The van der Waals surface area contributed by atoms with Gasteiger partial charge in [0.2, 0.25) is 6.79 Å². The zero-order chi connectivity index (χ0) is 23.4. The molecule has 0 radical (unpaired) electrons. The number of fused-ring (bicyclic) bond motifs is 1. The maximum absolute atomic E-state index is 12.6. The average molecular weight is 593 g/mol. The van der Waals surface area contributed by atoms with Gasteiger partial charge in [0.15, 0.2) is 11.5 Å². The predicted molar refractivity (Wildman–Crippen MR) is 135 cm³/mol. The van der Waals surface area contributed by atoms with Gasteiger partial charge in [0.25, 0.3) is 5.91 Å². The van der Waals surface area contributed by atoms with Gasteiger partial charge >= 0.3 is 0 Å². The number of nitriles is 1. The minimum absolute atomic E-state index is 0.0733. The fourth-order valence-corrected chi connectivity index (χ4v) is 4.06. The molecule has 3 aromatic rings. The van der Waals surface area contributed by atoms with E-state index in [2.05, 4.69) is 27.9 Å². The van der Waals surface area contributed by atoms with Crippen molar-refractivity contribution in [1.29, 1.82) is 5.26 Å². The van der Waals surface area contributed by atoms with E-state index in [9.17, 15) is 10.1 Å². The molecule has 33 heavy (non-hydrogen) atoms. The summed E-state index contributed by atoms with van der Waals surface area (Å²) in [5.74, 6) is 1.52. The minimum atomic E-state index is -0.584. The third-order valence-electron chi connectivity index (χ3n) is 4.66. The Labute approximate surface area is 213 Å². The van der Waals surface area contributed by atoms with Gasteiger partial charge in [-0.3, -0.25) is 4.79 Å². The van der Waals surface area contributed by atoms with Crippen LogP contribution in [-0.4, -0.2) is 12.7 Å². The van der Waals surface area contributed by atoms with Crippen LogP contribution in [0.1, 0.15) is 11.1 Å². The van der Waals surface area contributed by atoms with Gasteiger partial charge < -0.3 is 19.5 Å². The number of hydrogen-bond donors (Lipinski definition) is 1. The van der Waals surface area contributed by atoms with Crippen molar-refractivity contribution in [3.8, 4) is 23.3 Å². The molecule has 0 fully saturated rings. The lowest BCUT2D eigenvalue weighted by atomic mass is 10.1. The maximum atomic E-state index is 12.6. The summed E-state index contributed by atoms with van der Waals surface area (Å²) >= 11 is 14.2. The SMILES string of the molecule is N#C/C(=C/c1ccc(OCc2ccc3c(c2)OCO3)c(I)c1)C(=O)Nc1cccc(Cl)c1Cl. The van der Waals surface area contributed by atoms with E-state index in [1.807, 2.05) is 30.3 Å². The first-order valence-electron chi connectivity index (χ1n) is 9.62. The molecule has 0 saturated heterocycles. The Hall–Kier alpha value is -2.93. The summed E-state index contributed by atoms with van der Waals surface area (Å²) in [7, 11) is 0. The smallest absolute Gasteiger partial charge is 0.266 e. The predicted octanol–water partition coefficient (Wildman–Crippen LogP) is 6.45. The van der Waals surface area contributed by atoms with Crippen LogP contribution >= 0.6 is 45.8 Å². The average Bonchev–Trinajstić information content (AvgIpc) is 3.28. The van der Waals surface area contributed by atoms with Crippen molar-refractivity contribution in [1.82, 2.24) is 0 Å². The Kier molecular flexibility index (Phi) is 7.28. The molecule has 1 aliphatic heterocycles. The first-order chi connectivity index (χ1) is 15.9. The number of anilines is 1. The Morgan fingerprint density at radius 1 is 1.15 bits per heavy atom. The van der Waals surface area contributed by atoms with Gasteiger partial charge in [-0.15, -0.1) is 0 Å². The standard InChI is InChI=1S/C24H15Cl2IN2O4/c25-17-2-1-3-19(23(17)26)29-24(30)16(11-28)8-14-4-6-20(18(27)9-14)31-12-15-5-7-21-22(10-15)33-13-32-21/h1-10H,12-13H2,(H,29,30)/b16-8-. The van der Waals surface area contributed by atoms with Crippen LogP contribution in [0.4, 0.5) is 5.69 Å². The molecule has 1 aliphatic rings. The highest BCUT2D eigenvalue weighted by atomic mass is 127. The van der Waals surface area contributed by atoms with Crippen LogP contribution in [0.2, 0.25) is 10.0 Å². The molecule has 0 aromatic heterocycles. The molecule has 0 saturated carbocycles. The zero-order valence-corrected chi connectivity index (χ0v) is 20.6. The topological polar surface area (TPSA) is 80.6 Å². The van der Waals surface area contributed by atoms with E-state index in [1.54, 1.807) is 30.3 Å². The molecule has 1 heterocycles. The van der Waals surface area contributed by atoms with Gasteiger partial charge in [-0.2, -0.15) is 5.26 Å². The summed E-state index contributed by atoms with van der Waals surface area (Å²) < 4.78 is 17.5. The number of ether oxygens (including phenoxy) is 3. The molecule has 166 valence electrons. The summed E-state index contributed by atoms with van der Waals surface area (Å²) in [6.45, 7) is 0.579. The molecule has 0 aliphatic carbocycles. The monoisotopic (exact) mass is 592 g/mol. The third-order valence-corrected chi connectivity index (χ3v) is 6.33. The lowest BCUT2D eigenvalue weighted by Crippen LogP contribution is -2.13. The van der Waals surface area contributed by atoms with Crippen LogP contribution in [0, 0.1) is 14.9 Å². The molecule has 0 unspecified atom stereocenters. The first-order valence-corrected chi connectivity index (χ1v) is 11.5. The lowest BCUT2D eigenvalue weighted by molar-refractivity contribution is -0.112. The van der Waals surface area contributed by atoms with Crippen LogP contribution in [0.3, 0.4) is 0 Å². The molecular weight excluding hydrogens is 578 g/mol. The zero-order valence-electron chi connectivity index (χ0n) is 16.9. The molecule has 1 amide bonds. The van der Waals surface area contributed by atoms with E-state index in [0.717, 1.165) is 14.9 Å². The van der Waals surface area contributed by atoms with Crippen LogP contribution in [-0.2, 0) is 11.4 Å². The fourth-order valence-electron chi connectivity index (χ4n) is 3.02. The molecule has 0 atom stereocenters. The molecule has 1 N–H and O–H groups in total. The van der Waals surface area contributed by atoms with Gasteiger partial charge in [0, 0.05) is 0 Å². The normalized spacial score (nSPS) is 12.2. The van der Waals surface area contributed by atoms with Crippen LogP contribution in [0.5, 0.6) is 17.2 Å². The first kappa shape index (κ1) is 23.2. The Balaban J connectivity index is 1.45. The number of nitrogens with one attached hydrogen (secondary N) is 1. The van der Waals surface area contributed by atoms with Gasteiger partial charge in [-0.1, -0.05) is 41.4 Å². The minimum Gasteiger partial charge on any atom is -0.488 e. The van der Waals surface area contributed by atoms with Crippen molar-refractivity contribution < 1.29 is 19.0 Å². The Morgan fingerprint density at radius 3 is 2.76 bits per heavy atom. The van der Waals surface area contributed by atoms with Crippen molar-refractivity contribution in [2.45, 2.75) is 6.61 Å². The van der Waals surface area contributed by atoms with Gasteiger partial charge in [-0.25, -0.2) is 0 Å². The van der Waals surface area contributed by atoms with Gasteiger partial charge in [0.1, 0.15) is 24.0 Å². The number of hydrogen-bond acceptors (Lipinski definition) is 5. The highest BCUT2D eigenvalue weighted by Gasteiger charge is 2.15. The Morgan fingerprint density at radius 2 is 1.97 bits per heavy atom.